The maximum Gasteiger partial charge on any atom is 0.159 e. The van der Waals surface area contributed by atoms with Crippen molar-refractivity contribution in [1.82, 2.24) is 10.2 Å². The molecule has 1 fully saturated rings. The van der Waals surface area contributed by atoms with E-state index < -0.39 is 0 Å². The van der Waals surface area contributed by atoms with E-state index in [0.29, 0.717) is 12.0 Å². The smallest absolute Gasteiger partial charge is 0.159 e. The maximum atomic E-state index is 9.74. The third kappa shape index (κ3) is 6.30. The van der Waals surface area contributed by atoms with Crippen LogP contribution in [0.3, 0.4) is 0 Å². The van der Waals surface area contributed by atoms with Crippen LogP contribution in [0.1, 0.15) is 62.6 Å². The van der Waals surface area contributed by atoms with Crippen LogP contribution in [0.15, 0.2) is 72.8 Å². The Bertz CT molecular complexity index is 1530. The first kappa shape index (κ1) is 28.4. The highest BCUT2D eigenvalue weighted by Crippen LogP contribution is 2.37. The van der Waals surface area contributed by atoms with Crippen molar-refractivity contribution >= 4 is 28.7 Å². The van der Waals surface area contributed by atoms with Crippen molar-refractivity contribution in [3.05, 3.63) is 89.5 Å². The summed E-state index contributed by atoms with van der Waals surface area (Å²) in [5.41, 5.74) is 5.83. The molecule has 0 saturated heterocycles. The molecule has 2 aliphatic rings. The molecule has 0 amide bonds. The number of rotatable bonds is 6. The molecule has 0 atom stereocenters. The van der Waals surface area contributed by atoms with E-state index in [1.165, 1.54) is 29.5 Å². The van der Waals surface area contributed by atoms with Gasteiger partial charge in [0.2, 0.25) is 0 Å². The predicted molar refractivity (Wildman–Crippen MR) is 172 cm³/mol. The fourth-order valence-corrected chi connectivity index (χ4v) is 6.10. The Hall–Kier alpha value is -4.12. The van der Waals surface area contributed by atoms with Crippen molar-refractivity contribution in [2.75, 3.05) is 19.1 Å². The largest absolute Gasteiger partial charge is 0.508 e. The van der Waals surface area contributed by atoms with Crippen molar-refractivity contribution in [2.45, 2.75) is 58.4 Å². The van der Waals surface area contributed by atoms with Crippen LogP contribution in [0.2, 0.25) is 0 Å². The molecule has 0 spiro atoms. The van der Waals surface area contributed by atoms with Gasteiger partial charge in [-0.05, 0) is 104 Å². The number of anilines is 1. The number of phenolic OH excluding ortho intramolecular Hbond substituents is 1. The van der Waals surface area contributed by atoms with Crippen LogP contribution in [-0.2, 0) is 6.42 Å². The predicted octanol–water partition coefficient (Wildman–Crippen LogP) is 8.71. The van der Waals surface area contributed by atoms with Crippen LogP contribution in [0, 0.1) is 5.92 Å². The summed E-state index contributed by atoms with van der Waals surface area (Å²) in [6, 6.07) is 20.6. The number of nitrogens with zero attached hydrogens (tertiary/aromatic N) is 3. The molecule has 5 heteroatoms. The van der Waals surface area contributed by atoms with Crippen molar-refractivity contribution < 1.29 is 9.84 Å². The Balaban J connectivity index is 0.00000165. The standard InChI is InChI=1S/C34H35N3O2.C2H6/c1-37(28-14-9-23(10-15-28)20-24-8-11-25-6-4-3-5-7-27(25)21-24)34-32-22-30(39-2)18-19-31(32)33(35-36-34)26-12-16-29(38)17-13-26;1-2/h4-8,11-13,16-19,21-23,28,38H,3,9-10,14-15,20H2,1-2H3;1-2H3. The minimum atomic E-state index is 0.237. The molecule has 41 heavy (non-hydrogen) atoms. The number of methoxy groups -OCH3 is 1. The summed E-state index contributed by atoms with van der Waals surface area (Å²) in [6.07, 6.45) is 15.8. The van der Waals surface area contributed by atoms with Crippen molar-refractivity contribution in [3.8, 4) is 22.8 Å². The van der Waals surface area contributed by atoms with E-state index in [-0.39, 0.29) is 5.75 Å². The van der Waals surface area contributed by atoms with Crippen LogP contribution in [0.4, 0.5) is 5.82 Å². The molecule has 1 saturated carbocycles. The molecule has 3 aromatic carbocycles. The van der Waals surface area contributed by atoms with Gasteiger partial charge in [-0.2, -0.15) is 0 Å². The minimum absolute atomic E-state index is 0.237. The van der Waals surface area contributed by atoms with E-state index in [4.69, 9.17) is 9.84 Å². The van der Waals surface area contributed by atoms with Gasteiger partial charge in [0.1, 0.15) is 17.2 Å². The third-order valence-corrected chi connectivity index (χ3v) is 8.35. The molecule has 1 heterocycles. The molecule has 1 aromatic heterocycles. The minimum Gasteiger partial charge on any atom is -0.508 e. The van der Waals surface area contributed by atoms with Gasteiger partial charge in [0, 0.05) is 29.4 Å². The van der Waals surface area contributed by atoms with Gasteiger partial charge in [0.15, 0.2) is 5.82 Å². The molecule has 4 aromatic rings. The molecule has 0 aliphatic heterocycles. The summed E-state index contributed by atoms with van der Waals surface area (Å²) in [6.45, 7) is 4.00. The molecular weight excluding hydrogens is 506 g/mol. The van der Waals surface area contributed by atoms with Gasteiger partial charge in [-0.1, -0.05) is 56.4 Å². The monoisotopic (exact) mass is 547 g/mol. The molecule has 1 N–H and O–H groups in total. The summed E-state index contributed by atoms with van der Waals surface area (Å²) in [4.78, 5) is 2.32. The van der Waals surface area contributed by atoms with E-state index in [1.54, 1.807) is 19.2 Å². The van der Waals surface area contributed by atoms with Crippen LogP contribution in [-0.4, -0.2) is 35.5 Å². The lowest BCUT2D eigenvalue weighted by molar-refractivity contribution is 0.318. The first-order chi connectivity index (χ1) is 20.1. The number of phenols is 1. The number of fused-ring (bicyclic) bond motifs is 2. The lowest BCUT2D eigenvalue weighted by atomic mass is 9.81. The van der Waals surface area contributed by atoms with Crippen molar-refractivity contribution in [2.24, 2.45) is 5.92 Å². The van der Waals surface area contributed by atoms with Gasteiger partial charge in [0.05, 0.1) is 7.11 Å². The molecule has 0 unspecified atom stereocenters. The molecule has 2 aliphatic carbocycles. The fraction of sp³-hybridized carbons (Fsp3) is 0.333. The molecule has 0 bridgehead atoms. The van der Waals surface area contributed by atoms with Crippen molar-refractivity contribution in [3.63, 3.8) is 0 Å². The lowest BCUT2D eigenvalue weighted by Gasteiger charge is -2.35. The molecular formula is C36H41N3O2. The van der Waals surface area contributed by atoms with Gasteiger partial charge >= 0.3 is 0 Å². The topological polar surface area (TPSA) is 58.5 Å². The number of ether oxygens (including phenoxy) is 1. The SMILES string of the molecule is CC.COc1ccc2c(-c3ccc(O)cc3)nnc(N(C)C3CCC(Cc4ccc5c(c4)C=CCC=C5)CC3)c2c1. The summed E-state index contributed by atoms with van der Waals surface area (Å²) < 4.78 is 5.57. The summed E-state index contributed by atoms with van der Waals surface area (Å²) >= 11 is 0. The molecule has 212 valence electrons. The van der Waals surface area contributed by atoms with E-state index in [1.807, 2.05) is 32.0 Å². The highest BCUT2D eigenvalue weighted by molar-refractivity contribution is 6.01. The Morgan fingerprint density at radius 2 is 1.56 bits per heavy atom. The zero-order valence-corrected chi connectivity index (χ0v) is 24.7. The number of allylic oxidation sites excluding steroid dienone is 2. The number of hydrogen-bond acceptors (Lipinski definition) is 5. The van der Waals surface area contributed by atoms with Gasteiger partial charge in [-0.15, -0.1) is 10.2 Å². The zero-order chi connectivity index (χ0) is 28.8. The van der Waals surface area contributed by atoms with Gasteiger partial charge in [-0.25, -0.2) is 0 Å². The molecule has 6 rings (SSSR count). The van der Waals surface area contributed by atoms with Crippen LogP contribution < -0.4 is 9.64 Å². The van der Waals surface area contributed by atoms with E-state index in [2.05, 4.69) is 71.7 Å². The van der Waals surface area contributed by atoms with Gasteiger partial charge < -0.3 is 14.7 Å². The van der Waals surface area contributed by atoms with Crippen molar-refractivity contribution in [1.29, 1.82) is 0 Å². The van der Waals surface area contributed by atoms with Crippen LogP contribution >= 0.6 is 0 Å². The number of hydrogen-bond donors (Lipinski definition) is 1. The Morgan fingerprint density at radius 3 is 2.29 bits per heavy atom. The normalized spacial score (nSPS) is 17.8. The van der Waals surface area contributed by atoms with Gasteiger partial charge in [-0.3, -0.25) is 0 Å². The summed E-state index contributed by atoms with van der Waals surface area (Å²) in [7, 11) is 3.85. The quantitative estimate of drug-likeness (QED) is 0.262. The maximum absolute atomic E-state index is 9.74. The number of aromatic nitrogens is 2. The summed E-state index contributed by atoms with van der Waals surface area (Å²) in [5.74, 6) is 2.63. The second-order valence-electron chi connectivity index (χ2n) is 10.8. The second-order valence-corrected chi connectivity index (χ2v) is 10.8. The Labute approximate surface area is 244 Å². The van der Waals surface area contributed by atoms with Crippen LogP contribution in [0.5, 0.6) is 11.5 Å². The summed E-state index contributed by atoms with van der Waals surface area (Å²) in [5, 5.41) is 21.2. The average molecular weight is 548 g/mol. The van der Waals surface area contributed by atoms with Gasteiger partial charge in [0.25, 0.3) is 0 Å². The first-order valence-electron chi connectivity index (χ1n) is 14.9. The second kappa shape index (κ2) is 13.0. The first-order valence-corrected chi connectivity index (χ1v) is 14.9. The molecule has 0 radical (unpaired) electrons. The fourth-order valence-electron chi connectivity index (χ4n) is 6.10. The van der Waals surface area contributed by atoms with E-state index >= 15 is 0 Å². The lowest BCUT2D eigenvalue weighted by Crippen LogP contribution is -2.36. The van der Waals surface area contributed by atoms with E-state index in [0.717, 1.165) is 59.3 Å². The Kier molecular flexibility index (Phi) is 9.03. The highest BCUT2D eigenvalue weighted by Gasteiger charge is 2.27. The third-order valence-electron chi connectivity index (χ3n) is 8.35. The average Bonchev–Trinajstić information content (AvgIpc) is 3.27. The number of benzene rings is 3. The number of aromatic hydroxyl groups is 1. The highest BCUT2D eigenvalue weighted by atomic mass is 16.5. The zero-order valence-electron chi connectivity index (χ0n) is 24.7. The van der Waals surface area contributed by atoms with Crippen LogP contribution in [0.25, 0.3) is 34.2 Å². The Morgan fingerprint density at radius 1 is 0.829 bits per heavy atom. The van der Waals surface area contributed by atoms with E-state index in [9.17, 15) is 5.11 Å². The molecule has 5 nitrogen and oxygen atoms in total.